The van der Waals surface area contributed by atoms with Crippen LogP contribution in [0.25, 0.3) is 0 Å². The van der Waals surface area contributed by atoms with Gasteiger partial charge in [0.05, 0.1) is 27.7 Å². The molecule has 0 aromatic rings. The SMILES string of the molecule is C=C(C)C(=O)NCCC[N+](C)(C)C.Cl.N. The van der Waals surface area contributed by atoms with Crippen molar-refractivity contribution in [1.82, 2.24) is 11.5 Å². The van der Waals surface area contributed by atoms with Crippen molar-refractivity contribution >= 4 is 18.3 Å². The lowest BCUT2D eigenvalue weighted by atomic mass is 10.3. The van der Waals surface area contributed by atoms with Gasteiger partial charge in [0.2, 0.25) is 5.91 Å². The molecular formula is C10H25ClN3O+. The minimum atomic E-state index is -0.0404. The van der Waals surface area contributed by atoms with Crippen molar-refractivity contribution in [1.29, 1.82) is 0 Å². The second kappa shape index (κ2) is 8.71. The van der Waals surface area contributed by atoms with E-state index in [1.807, 2.05) is 0 Å². The number of rotatable bonds is 5. The molecule has 0 rings (SSSR count). The van der Waals surface area contributed by atoms with Crippen molar-refractivity contribution in [3.8, 4) is 0 Å². The van der Waals surface area contributed by atoms with Gasteiger partial charge in [0.15, 0.2) is 0 Å². The molecule has 0 aliphatic heterocycles. The maximum absolute atomic E-state index is 11.1. The minimum absolute atomic E-state index is 0. The van der Waals surface area contributed by atoms with E-state index < -0.39 is 0 Å². The summed E-state index contributed by atoms with van der Waals surface area (Å²) >= 11 is 0. The molecule has 0 aromatic carbocycles. The summed E-state index contributed by atoms with van der Waals surface area (Å²) in [6.45, 7) is 7.09. The molecular weight excluding hydrogens is 214 g/mol. The lowest BCUT2D eigenvalue weighted by Crippen LogP contribution is -2.37. The van der Waals surface area contributed by atoms with Gasteiger partial charge in [-0.05, 0) is 6.92 Å². The average molecular weight is 239 g/mol. The Bertz CT molecular complexity index is 199. The lowest BCUT2D eigenvalue weighted by Gasteiger charge is -2.23. The van der Waals surface area contributed by atoms with Crippen LogP contribution in [0.1, 0.15) is 13.3 Å². The van der Waals surface area contributed by atoms with Crippen LogP contribution < -0.4 is 11.5 Å². The molecule has 0 atom stereocenters. The summed E-state index contributed by atoms with van der Waals surface area (Å²) < 4.78 is 0.933. The van der Waals surface area contributed by atoms with Gasteiger partial charge in [-0.15, -0.1) is 12.4 Å². The van der Waals surface area contributed by atoms with Crippen LogP contribution in [0, 0.1) is 0 Å². The number of halogens is 1. The van der Waals surface area contributed by atoms with E-state index in [2.05, 4.69) is 33.0 Å². The van der Waals surface area contributed by atoms with E-state index in [0.29, 0.717) is 5.57 Å². The van der Waals surface area contributed by atoms with Gasteiger partial charge in [-0.1, -0.05) is 6.58 Å². The normalized spacial score (nSPS) is 9.60. The van der Waals surface area contributed by atoms with E-state index in [-0.39, 0.29) is 24.5 Å². The summed E-state index contributed by atoms with van der Waals surface area (Å²) in [7, 11) is 6.42. The molecule has 4 N–H and O–H groups in total. The molecule has 0 radical (unpaired) electrons. The van der Waals surface area contributed by atoms with E-state index in [4.69, 9.17) is 0 Å². The standard InChI is InChI=1S/C10H20N2O.ClH.H3N/c1-9(2)10(13)11-7-6-8-12(3,4)5;;/h1,6-8H2,2-5H3;1H;1H3/p+1. The van der Waals surface area contributed by atoms with Crippen LogP contribution in [0.15, 0.2) is 12.2 Å². The first kappa shape index (κ1) is 19.9. The lowest BCUT2D eigenvalue weighted by molar-refractivity contribution is -0.870. The van der Waals surface area contributed by atoms with Crippen LogP contribution in [-0.4, -0.2) is 44.6 Å². The highest BCUT2D eigenvalue weighted by Gasteiger charge is 2.06. The fourth-order valence-corrected chi connectivity index (χ4v) is 0.906. The van der Waals surface area contributed by atoms with Gasteiger partial charge in [-0.25, -0.2) is 0 Å². The van der Waals surface area contributed by atoms with Crippen LogP contribution in [0.4, 0.5) is 0 Å². The largest absolute Gasteiger partial charge is 0.352 e. The molecule has 0 fully saturated rings. The number of quaternary nitrogens is 1. The molecule has 0 saturated carbocycles. The molecule has 0 unspecified atom stereocenters. The first-order valence-electron chi connectivity index (χ1n) is 4.57. The number of hydrogen-bond acceptors (Lipinski definition) is 2. The Morgan fingerprint density at radius 1 is 1.33 bits per heavy atom. The second-order valence-electron chi connectivity index (χ2n) is 4.40. The number of carbonyl (C=O) groups excluding carboxylic acids is 1. The van der Waals surface area contributed by atoms with Crippen LogP contribution in [0.3, 0.4) is 0 Å². The summed E-state index contributed by atoms with van der Waals surface area (Å²) in [5.74, 6) is -0.0404. The molecule has 0 saturated heterocycles. The molecule has 0 aliphatic rings. The molecule has 0 spiro atoms. The zero-order valence-electron chi connectivity index (χ0n) is 10.3. The van der Waals surface area contributed by atoms with E-state index >= 15 is 0 Å². The van der Waals surface area contributed by atoms with Gasteiger partial charge in [0.1, 0.15) is 0 Å². The summed E-state index contributed by atoms with van der Waals surface area (Å²) in [5.41, 5.74) is 0.574. The maximum Gasteiger partial charge on any atom is 0.246 e. The zero-order valence-corrected chi connectivity index (χ0v) is 11.1. The van der Waals surface area contributed by atoms with Crippen molar-refractivity contribution in [3.05, 3.63) is 12.2 Å². The quantitative estimate of drug-likeness (QED) is 0.432. The third-order valence-electron chi connectivity index (χ3n) is 1.68. The predicted molar refractivity (Wildman–Crippen MR) is 67.6 cm³/mol. The van der Waals surface area contributed by atoms with E-state index in [9.17, 15) is 4.79 Å². The van der Waals surface area contributed by atoms with Crippen molar-refractivity contribution in [3.63, 3.8) is 0 Å². The summed E-state index contributed by atoms with van der Waals surface area (Å²) in [4.78, 5) is 11.1. The topological polar surface area (TPSA) is 64.1 Å². The van der Waals surface area contributed by atoms with Crippen molar-refractivity contribution in [2.24, 2.45) is 0 Å². The number of amides is 1. The van der Waals surface area contributed by atoms with Gasteiger partial charge in [-0.3, -0.25) is 4.79 Å². The fraction of sp³-hybridized carbons (Fsp3) is 0.700. The van der Waals surface area contributed by atoms with Gasteiger partial charge >= 0.3 is 0 Å². The van der Waals surface area contributed by atoms with Crippen LogP contribution in [0.2, 0.25) is 0 Å². The minimum Gasteiger partial charge on any atom is -0.352 e. The van der Waals surface area contributed by atoms with Crippen molar-refractivity contribution in [2.45, 2.75) is 13.3 Å². The van der Waals surface area contributed by atoms with Gasteiger partial charge in [0.25, 0.3) is 0 Å². The first-order chi connectivity index (χ1) is 5.83. The predicted octanol–water partition coefficient (Wildman–Crippen LogP) is 1.36. The van der Waals surface area contributed by atoms with Gasteiger partial charge in [0, 0.05) is 18.5 Å². The Morgan fingerprint density at radius 3 is 2.13 bits per heavy atom. The third kappa shape index (κ3) is 13.4. The second-order valence-corrected chi connectivity index (χ2v) is 4.40. The summed E-state index contributed by atoms with van der Waals surface area (Å²) in [5, 5.41) is 2.81. The number of hydrogen-bond donors (Lipinski definition) is 2. The molecule has 5 heteroatoms. The third-order valence-corrected chi connectivity index (χ3v) is 1.68. The molecule has 0 aliphatic carbocycles. The highest BCUT2D eigenvalue weighted by atomic mass is 35.5. The number of nitrogens with zero attached hydrogens (tertiary/aromatic N) is 1. The highest BCUT2D eigenvalue weighted by Crippen LogP contribution is 1.92. The molecule has 0 heterocycles. The first-order valence-corrected chi connectivity index (χ1v) is 4.57. The highest BCUT2D eigenvalue weighted by molar-refractivity contribution is 5.91. The van der Waals surface area contributed by atoms with E-state index in [1.165, 1.54) is 0 Å². The molecule has 1 amide bonds. The van der Waals surface area contributed by atoms with Gasteiger partial charge in [-0.2, -0.15) is 0 Å². The van der Waals surface area contributed by atoms with Gasteiger partial charge < -0.3 is 16.0 Å². The monoisotopic (exact) mass is 238 g/mol. The Balaban J connectivity index is -0.000000720. The number of carbonyl (C=O) groups is 1. The van der Waals surface area contributed by atoms with Crippen molar-refractivity contribution < 1.29 is 9.28 Å². The molecule has 92 valence electrons. The van der Waals surface area contributed by atoms with E-state index in [0.717, 1.165) is 24.0 Å². The van der Waals surface area contributed by atoms with Crippen LogP contribution in [-0.2, 0) is 4.79 Å². The number of nitrogens with one attached hydrogen (secondary N) is 1. The molecule has 4 nitrogen and oxygen atoms in total. The van der Waals surface area contributed by atoms with Crippen LogP contribution >= 0.6 is 12.4 Å². The Morgan fingerprint density at radius 2 is 1.80 bits per heavy atom. The Kier molecular flexibility index (Phi) is 11.6. The zero-order chi connectivity index (χ0) is 10.5. The molecule has 0 bridgehead atoms. The smallest absolute Gasteiger partial charge is 0.246 e. The average Bonchev–Trinajstić information content (AvgIpc) is 1.95. The fourth-order valence-electron chi connectivity index (χ4n) is 0.906. The van der Waals surface area contributed by atoms with E-state index in [1.54, 1.807) is 6.92 Å². The van der Waals surface area contributed by atoms with Crippen LogP contribution in [0.5, 0.6) is 0 Å². The van der Waals surface area contributed by atoms with Crippen molar-refractivity contribution in [2.75, 3.05) is 34.2 Å². The Labute approximate surface area is 99.3 Å². The maximum atomic E-state index is 11.1. The summed E-state index contributed by atoms with van der Waals surface area (Å²) in [6, 6.07) is 0. The Hall–Kier alpha value is -0.580. The molecule has 15 heavy (non-hydrogen) atoms. The summed E-state index contributed by atoms with van der Waals surface area (Å²) in [6.07, 6.45) is 1.00. The molecule has 0 aromatic heterocycles.